The number of nitrogens with zero attached hydrogens (tertiary/aromatic N) is 1. The molecule has 0 spiro atoms. The summed E-state index contributed by atoms with van der Waals surface area (Å²) in [6, 6.07) is 1.68. The molecule has 2 saturated carbocycles. The van der Waals surface area contributed by atoms with Crippen LogP contribution in [0.1, 0.15) is 52.4 Å². The van der Waals surface area contributed by atoms with E-state index in [1.807, 2.05) is 0 Å². The summed E-state index contributed by atoms with van der Waals surface area (Å²) in [6.07, 6.45) is 8.50. The molecule has 2 heteroatoms. The third-order valence-electron chi connectivity index (χ3n) is 4.11. The Morgan fingerprint density at radius 2 is 1.94 bits per heavy atom. The fourth-order valence-electron chi connectivity index (χ4n) is 3.11. The maximum Gasteiger partial charge on any atom is 0.0111 e. The maximum absolute atomic E-state index is 3.61. The van der Waals surface area contributed by atoms with Crippen LogP contribution in [0.15, 0.2) is 0 Å². The van der Waals surface area contributed by atoms with Crippen molar-refractivity contribution in [2.24, 2.45) is 5.92 Å². The van der Waals surface area contributed by atoms with Crippen LogP contribution in [-0.4, -0.2) is 36.6 Å². The van der Waals surface area contributed by atoms with Gasteiger partial charge in [-0.05, 0) is 57.5 Å². The molecule has 2 atom stereocenters. The Bertz CT molecular complexity index is 201. The maximum atomic E-state index is 3.61. The lowest BCUT2D eigenvalue weighted by Crippen LogP contribution is -2.37. The molecule has 0 aromatic heterocycles. The first-order chi connectivity index (χ1) is 7.83. The summed E-state index contributed by atoms with van der Waals surface area (Å²) in [6.45, 7) is 8.38. The van der Waals surface area contributed by atoms with E-state index < -0.39 is 0 Å². The first kappa shape index (κ1) is 12.4. The Labute approximate surface area is 101 Å². The van der Waals surface area contributed by atoms with Crippen molar-refractivity contribution in [2.75, 3.05) is 19.6 Å². The van der Waals surface area contributed by atoms with E-state index in [9.17, 15) is 0 Å². The van der Waals surface area contributed by atoms with Crippen LogP contribution in [0.4, 0.5) is 0 Å². The molecule has 2 rings (SSSR count). The summed E-state index contributed by atoms with van der Waals surface area (Å²) in [4.78, 5) is 2.79. The van der Waals surface area contributed by atoms with Crippen LogP contribution < -0.4 is 5.32 Å². The number of hydrogen-bond donors (Lipinski definition) is 1. The Morgan fingerprint density at radius 3 is 2.56 bits per heavy atom. The zero-order valence-electron chi connectivity index (χ0n) is 11.0. The van der Waals surface area contributed by atoms with Crippen molar-refractivity contribution in [3.63, 3.8) is 0 Å². The second-order valence-electron chi connectivity index (χ2n) is 5.66. The highest BCUT2D eigenvalue weighted by Gasteiger charge is 2.32. The normalized spacial score (nSPS) is 30.2. The van der Waals surface area contributed by atoms with Crippen LogP contribution in [-0.2, 0) is 0 Å². The molecule has 2 nitrogen and oxygen atoms in total. The van der Waals surface area contributed by atoms with Crippen LogP contribution in [0, 0.1) is 5.92 Å². The molecule has 94 valence electrons. The van der Waals surface area contributed by atoms with Crippen molar-refractivity contribution in [1.29, 1.82) is 0 Å². The summed E-state index contributed by atoms with van der Waals surface area (Å²) in [5, 5.41) is 3.61. The molecule has 0 aromatic carbocycles. The third-order valence-corrected chi connectivity index (χ3v) is 4.11. The van der Waals surface area contributed by atoms with E-state index in [1.165, 1.54) is 51.6 Å². The standard InChI is InChI=1S/C14H28N2/c1-3-9-16(11-12-5-6-12)14-8-7-13(10-14)15-4-2/h12-15H,3-11H2,1-2H3. The molecule has 2 fully saturated rings. The van der Waals surface area contributed by atoms with Crippen LogP contribution in [0.2, 0.25) is 0 Å². The van der Waals surface area contributed by atoms with Gasteiger partial charge in [-0.2, -0.15) is 0 Å². The van der Waals surface area contributed by atoms with Gasteiger partial charge >= 0.3 is 0 Å². The molecule has 2 unspecified atom stereocenters. The SMILES string of the molecule is CCCN(CC1CC1)C1CCC(NCC)C1. The van der Waals surface area contributed by atoms with Gasteiger partial charge in [0.15, 0.2) is 0 Å². The predicted molar refractivity (Wildman–Crippen MR) is 69.7 cm³/mol. The van der Waals surface area contributed by atoms with E-state index in [4.69, 9.17) is 0 Å². The van der Waals surface area contributed by atoms with Crippen LogP contribution in [0.5, 0.6) is 0 Å². The lowest BCUT2D eigenvalue weighted by molar-refractivity contribution is 0.188. The van der Waals surface area contributed by atoms with Crippen molar-refractivity contribution in [3.05, 3.63) is 0 Å². The lowest BCUT2D eigenvalue weighted by Gasteiger charge is -2.28. The third kappa shape index (κ3) is 3.46. The van der Waals surface area contributed by atoms with E-state index >= 15 is 0 Å². The zero-order chi connectivity index (χ0) is 11.4. The highest BCUT2D eigenvalue weighted by molar-refractivity contribution is 4.89. The Balaban J connectivity index is 1.78. The minimum absolute atomic E-state index is 0.800. The second-order valence-corrected chi connectivity index (χ2v) is 5.66. The van der Waals surface area contributed by atoms with Crippen LogP contribution in [0.25, 0.3) is 0 Å². The first-order valence-electron chi connectivity index (χ1n) is 7.30. The molecule has 0 heterocycles. The minimum Gasteiger partial charge on any atom is -0.314 e. The average Bonchev–Trinajstić information content (AvgIpc) is 2.96. The van der Waals surface area contributed by atoms with Crippen molar-refractivity contribution in [1.82, 2.24) is 10.2 Å². The highest BCUT2D eigenvalue weighted by Crippen LogP contribution is 2.33. The van der Waals surface area contributed by atoms with Gasteiger partial charge in [0.1, 0.15) is 0 Å². The molecule has 0 radical (unpaired) electrons. The molecule has 1 N–H and O–H groups in total. The van der Waals surface area contributed by atoms with E-state index in [-0.39, 0.29) is 0 Å². The van der Waals surface area contributed by atoms with Gasteiger partial charge in [0.05, 0.1) is 0 Å². The molecule has 0 aliphatic heterocycles. The fourth-order valence-corrected chi connectivity index (χ4v) is 3.11. The number of nitrogens with one attached hydrogen (secondary N) is 1. The average molecular weight is 224 g/mol. The molecule has 2 aliphatic rings. The first-order valence-corrected chi connectivity index (χ1v) is 7.30. The Kier molecular flexibility index (Phi) is 4.66. The van der Waals surface area contributed by atoms with Crippen molar-refractivity contribution in [3.8, 4) is 0 Å². The summed E-state index contributed by atoms with van der Waals surface area (Å²) in [7, 11) is 0. The monoisotopic (exact) mass is 224 g/mol. The lowest BCUT2D eigenvalue weighted by atomic mass is 10.1. The molecule has 16 heavy (non-hydrogen) atoms. The topological polar surface area (TPSA) is 15.3 Å². The van der Waals surface area contributed by atoms with Gasteiger partial charge in [0.2, 0.25) is 0 Å². The summed E-state index contributed by atoms with van der Waals surface area (Å²) in [5.41, 5.74) is 0. The van der Waals surface area contributed by atoms with Crippen molar-refractivity contribution in [2.45, 2.75) is 64.5 Å². The summed E-state index contributed by atoms with van der Waals surface area (Å²) in [5.74, 6) is 1.05. The van der Waals surface area contributed by atoms with Crippen molar-refractivity contribution >= 4 is 0 Å². The van der Waals surface area contributed by atoms with Gasteiger partial charge in [-0.3, -0.25) is 0 Å². The van der Waals surface area contributed by atoms with Gasteiger partial charge in [-0.1, -0.05) is 13.8 Å². The van der Waals surface area contributed by atoms with Crippen molar-refractivity contribution < 1.29 is 0 Å². The van der Waals surface area contributed by atoms with Gasteiger partial charge < -0.3 is 10.2 Å². The van der Waals surface area contributed by atoms with E-state index in [1.54, 1.807) is 0 Å². The van der Waals surface area contributed by atoms with E-state index in [2.05, 4.69) is 24.1 Å². The Hall–Kier alpha value is -0.0800. The van der Waals surface area contributed by atoms with Gasteiger partial charge in [0, 0.05) is 18.6 Å². The van der Waals surface area contributed by atoms with Gasteiger partial charge in [-0.25, -0.2) is 0 Å². The molecular weight excluding hydrogens is 196 g/mol. The molecular formula is C14H28N2. The zero-order valence-corrected chi connectivity index (χ0v) is 11.0. The predicted octanol–water partition coefficient (Wildman–Crippen LogP) is 2.64. The van der Waals surface area contributed by atoms with E-state index in [0.717, 1.165) is 24.5 Å². The number of hydrogen-bond acceptors (Lipinski definition) is 2. The molecule has 0 aromatic rings. The summed E-state index contributed by atoms with van der Waals surface area (Å²) >= 11 is 0. The smallest absolute Gasteiger partial charge is 0.0111 e. The molecule has 0 saturated heterocycles. The van der Waals surface area contributed by atoms with Gasteiger partial charge in [-0.15, -0.1) is 0 Å². The molecule has 0 amide bonds. The Morgan fingerprint density at radius 1 is 1.12 bits per heavy atom. The highest BCUT2D eigenvalue weighted by atomic mass is 15.2. The number of rotatable bonds is 7. The largest absolute Gasteiger partial charge is 0.314 e. The summed E-state index contributed by atoms with van der Waals surface area (Å²) < 4.78 is 0. The molecule has 0 bridgehead atoms. The fraction of sp³-hybridized carbons (Fsp3) is 1.00. The van der Waals surface area contributed by atoms with E-state index in [0.29, 0.717) is 0 Å². The van der Waals surface area contributed by atoms with Gasteiger partial charge in [0.25, 0.3) is 0 Å². The quantitative estimate of drug-likeness (QED) is 0.715. The van der Waals surface area contributed by atoms with Crippen LogP contribution in [0.3, 0.4) is 0 Å². The van der Waals surface area contributed by atoms with Crippen LogP contribution >= 0.6 is 0 Å². The second kappa shape index (κ2) is 6.02. The molecule has 2 aliphatic carbocycles. The minimum atomic E-state index is 0.800.